The lowest BCUT2D eigenvalue weighted by Crippen LogP contribution is -2.51. The minimum Gasteiger partial charge on any atom is -0.486 e. The van der Waals surface area contributed by atoms with Crippen molar-refractivity contribution in [2.45, 2.75) is 147 Å². The van der Waals surface area contributed by atoms with Crippen LogP contribution in [0, 0.1) is 33.5 Å². The van der Waals surface area contributed by atoms with E-state index in [4.69, 9.17) is 88.6 Å². The molecular formula is C57H72Cl6N4O12. The van der Waals surface area contributed by atoms with Crippen LogP contribution in [0.5, 0.6) is 11.5 Å². The van der Waals surface area contributed by atoms with E-state index in [1.165, 1.54) is 7.11 Å². The van der Waals surface area contributed by atoms with E-state index in [-0.39, 0.29) is 68.8 Å². The van der Waals surface area contributed by atoms with Gasteiger partial charge in [-0.15, -0.1) is 0 Å². The molecule has 4 aromatic rings. The highest BCUT2D eigenvalue weighted by Gasteiger charge is 2.60. The van der Waals surface area contributed by atoms with Crippen molar-refractivity contribution in [1.82, 2.24) is 20.6 Å². The second-order valence-corrected chi connectivity index (χ2v) is 24.0. The summed E-state index contributed by atoms with van der Waals surface area (Å²) in [5, 5.41) is 26.7. The quantitative estimate of drug-likeness (QED) is 0.0537. The molecule has 2 heterocycles. The molecule has 0 spiro atoms. The van der Waals surface area contributed by atoms with Gasteiger partial charge in [0.1, 0.15) is 30.9 Å². The monoisotopic (exact) mass is 1210 g/mol. The number of halogens is 6. The fraction of sp³-hybridized carbons (Fsp3) is 0.509. The molecule has 434 valence electrons. The molecule has 2 fully saturated rings. The number of nitrogens with one attached hydrogen (secondary N) is 2. The maximum atomic E-state index is 13.5. The first-order valence-corrected chi connectivity index (χ1v) is 26.8. The molecule has 2 amide bonds. The molecule has 6 atom stereocenters. The lowest BCUT2D eigenvalue weighted by Gasteiger charge is -2.40. The van der Waals surface area contributed by atoms with Crippen LogP contribution in [0.4, 0.5) is 0 Å². The normalized spacial score (nSPS) is 20.6. The number of rotatable bonds is 18. The Balaban J connectivity index is 0.000000408. The van der Waals surface area contributed by atoms with Gasteiger partial charge < -0.3 is 39.8 Å². The zero-order valence-electron chi connectivity index (χ0n) is 44.4. The SMILES string of the molecule is C.C.CC1(C)[C@@H](C(=O)N[C@@H](Cc2ccc(OCc3c(Cl)cccc3Cl)c(Cl)n2)C(=O)O)CC[C@@]1(C)C(=O)O.COC(=O)[C@H](Cc1ccc(OCc2c(Cl)cccc2Cl)c(Cl)n1)NC(=O)[C@H]1CC[C@@](C)(C(=O)OC(C)(C)C)C1(C)C. The third-order valence-corrected chi connectivity index (χ3v) is 17.2. The van der Waals surface area contributed by atoms with Crippen molar-refractivity contribution in [3.63, 3.8) is 0 Å². The van der Waals surface area contributed by atoms with E-state index in [1.54, 1.807) is 81.4 Å². The second-order valence-electron chi connectivity index (χ2n) is 21.6. The first-order chi connectivity index (χ1) is 35.8. The average molecular weight is 1220 g/mol. The summed E-state index contributed by atoms with van der Waals surface area (Å²) < 4.78 is 22.1. The molecule has 0 aliphatic heterocycles. The highest BCUT2D eigenvalue weighted by atomic mass is 35.5. The van der Waals surface area contributed by atoms with Gasteiger partial charge in [-0.05, 0) is 120 Å². The third-order valence-electron chi connectivity index (χ3n) is 15.3. The zero-order chi connectivity index (χ0) is 57.6. The number of aromatic nitrogens is 2. The van der Waals surface area contributed by atoms with Crippen LogP contribution in [-0.2, 0) is 64.3 Å². The Kier molecular flexibility index (Phi) is 23.8. The van der Waals surface area contributed by atoms with Crippen molar-refractivity contribution >= 4 is 105 Å². The van der Waals surface area contributed by atoms with Crippen LogP contribution in [0.15, 0.2) is 60.7 Å². The first-order valence-electron chi connectivity index (χ1n) is 24.6. The molecule has 0 radical (unpaired) electrons. The number of pyridine rings is 2. The average Bonchev–Trinajstić information content (AvgIpc) is 3.96. The summed E-state index contributed by atoms with van der Waals surface area (Å²) in [4.78, 5) is 84.6. The Morgan fingerprint density at radius 2 is 1.00 bits per heavy atom. The van der Waals surface area contributed by atoms with Crippen LogP contribution < -0.4 is 20.1 Å². The van der Waals surface area contributed by atoms with Gasteiger partial charge in [-0.3, -0.25) is 19.2 Å². The van der Waals surface area contributed by atoms with E-state index in [9.17, 15) is 39.0 Å². The van der Waals surface area contributed by atoms with Crippen LogP contribution in [0.1, 0.15) is 125 Å². The number of carboxylic acids is 2. The largest absolute Gasteiger partial charge is 0.486 e. The number of nitrogens with zero attached hydrogens (tertiary/aromatic N) is 2. The third kappa shape index (κ3) is 15.9. The fourth-order valence-corrected chi connectivity index (χ4v) is 11.0. The predicted molar refractivity (Wildman–Crippen MR) is 307 cm³/mol. The number of hydrogen-bond donors (Lipinski definition) is 4. The van der Waals surface area contributed by atoms with E-state index in [1.807, 2.05) is 41.5 Å². The maximum Gasteiger partial charge on any atom is 0.328 e. The molecule has 0 saturated heterocycles. The summed E-state index contributed by atoms with van der Waals surface area (Å²) in [6.07, 6.45) is 1.52. The summed E-state index contributed by atoms with van der Waals surface area (Å²) in [6, 6.07) is 14.3. The minimum absolute atomic E-state index is 0. The fourth-order valence-electron chi connectivity index (χ4n) is 9.56. The first kappa shape index (κ1) is 68.2. The Bertz CT molecular complexity index is 2840. The van der Waals surface area contributed by atoms with Gasteiger partial charge in [0.15, 0.2) is 21.8 Å². The molecule has 6 rings (SSSR count). The number of carboxylic acid groups (broad SMARTS) is 2. The molecule has 79 heavy (non-hydrogen) atoms. The van der Waals surface area contributed by atoms with Crippen molar-refractivity contribution in [1.29, 1.82) is 0 Å². The van der Waals surface area contributed by atoms with Crippen molar-refractivity contribution < 1.29 is 57.9 Å². The van der Waals surface area contributed by atoms with Crippen LogP contribution in [-0.4, -0.2) is 80.7 Å². The molecular weight excluding hydrogens is 1150 g/mol. The van der Waals surface area contributed by atoms with Gasteiger partial charge in [0, 0.05) is 67.3 Å². The Hall–Kier alpha value is -5.10. The van der Waals surface area contributed by atoms with E-state index in [0.717, 1.165) is 0 Å². The molecule has 2 saturated carbocycles. The highest BCUT2D eigenvalue weighted by Crippen LogP contribution is 2.58. The number of hydrogen-bond acceptors (Lipinski definition) is 12. The Labute approximate surface area is 493 Å². The summed E-state index contributed by atoms with van der Waals surface area (Å²) >= 11 is 37.4. The van der Waals surface area contributed by atoms with Gasteiger partial charge in [0.05, 0.1) is 17.9 Å². The highest BCUT2D eigenvalue weighted by molar-refractivity contribution is 6.36. The summed E-state index contributed by atoms with van der Waals surface area (Å²) in [7, 11) is 1.25. The molecule has 0 unspecified atom stereocenters. The smallest absolute Gasteiger partial charge is 0.328 e. The van der Waals surface area contributed by atoms with E-state index in [0.29, 0.717) is 74.0 Å². The second kappa shape index (κ2) is 27.6. The Morgan fingerprint density at radius 1 is 0.620 bits per heavy atom. The topological polar surface area (TPSA) is 230 Å². The lowest BCUT2D eigenvalue weighted by molar-refractivity contribution is -0.173. The van der Waals surface area contributed by atoms with Crippen molar-refractivity contribution in [2.75, 3.05) is 7.11 Å². The number of carbonyl (C=O) groups is 6. The molecule has 2 aromatic heterocycles. The number of benzene rings is 2. The lowest BCUT2D eigenvalue weighted by atomic mass is 9.65. The van der Waals surface area contributed by atoms with Crippen molar-refractivity contribution in [2.24, 2.45) is 33.5 Å². The molecule has 4 N–H and O–H groups in total. The molecule has 2 aliphatic carbocycles. The van der Waals surface area contributed by atoms with Gasteiger partial charge in [-0.1, -0.05) is 124 Å². The van der Waals surface area contributed by atoms with Gasteiger partial charge in [-0.25, -0.2) is 19.6 Å². The molecule has 2 aliphatic rings. The minimum atomic E-state index is -1.28. The summed E-state index contributed by atoms with van der Waals surface area (Å²) in [5.74, 6) is -4.65. The van der Waals surface area contributed by atoms with Crippen molar-refractivity contribution in [3.8, 4) is 11.5 Å². The van der Waals surface area contributed by atoms with Crippen LogP contribution in [0.3, 0.4) is 0 Å². The van der Waals surface area contributed by atoms with Gasteiger partial charge in [-0.2, -0.15) is 0 Å². The summed E-state index contributed by atoms with van der Waals surface area (Å²) in [5.41, 5.74) is -2.24. The van der Waals surface area contributed by atoms with Crippen LogP contribution >= 0.6 is 69.6 Å². The van der Waals surface area contributed by atoms with Crippen molar-refractivity contribution in [3.05, 3.63) is 114 Å². The van der Waals surface area contributed by atoms with E-state index in [2.05, 4.69) is 20.6 Å². The van der Waals surface area contributed by atoms with Crippen LogP contribution in [0.25, 0.3) is 0 Å². The molecule has 0 bridgehead atoms. The standard InChI is InChI=1S/C30H37Cl3N2O6.C25H27Cl3N2O6.2CH4/c1-28(2,3)41-27(38)30(6)14-13-19(29(30,4)5)25(36)35-22(26(37)39-7)15-17-11-12-23(24(33)34-17)40-16-18-20(31)9-8-10-21(18)32;1-24(2)15(9-10-25(24,3)23(34)35)21(31)30-18(22(32)33)11-13-7-8-19(20(28)29-13)36-12-14-16(26)5-4-6-17(14)27;;/h8-12,19,22H,13-16H2,1-7H3,(H,35,36);4-8,15,18H,9-12H2,1-3H3,(H,30,31)(H,32,33)(H,34,35);2*1H4/t19-,22+,30+;15-,18+,25+;;/m11../s1. The molecule has 16 nitrogen and oxygen atoms in total. The maximum absolute atomic E-state index is 13.5. The number of amides is 2. The molecule has 2 aromatic carbocycles. The number of methoxy groups -OCH3 is 1. The van der Waals surface area contributed by atoms with Gasteiger partial charge in [0.2, 0.25) is 11.8 Å². The zero-order valence-corrected chi connectivity index (χ0v) is 48.9. The summed E-state index contributed by atoms with van der Waals surface area (Å²) in [6.45, 7) is 16.3. The predicted octanol–water partition coefficient (Wildman–Crippen LogP) is 13.1. The van der Waals surface area contributed by atoms with E-state index >= 15 is 0 Å². The Morgan fingerprint density at radius 3 is 1.35 bits per heavy atom. The van der Waals surface area contributed by atoms with Gasteiger partial charge in [0.25, 0.3) is 0 Å². The number of ether oxygens (including phenoxy) is 4. The van der Waals surface area contributed by atoms with Crippen LogP contribution in [0.2, 0.25) is 30.4 Å². The number of aliphatic carboxylic acids is 2. The number of carbonyl (C=O) groups excluding carboxylic acids is 4. The molecule has 22 heteroatoms. The van der Waals surface area contributed by atoms with E-state index < -0.39 is 75.0 Å². The number of esters is 2. The van der Waals surface area contributed by atoms with Gasteiger partial charge >= 0.3 is 23.9 Å².